The molecule has 3 rings (SSSR count). The molecule has 1 heterocycles. The van der Waals surface area contributed by atoms with Gasteiger partial charge >= 0.3 is 11.9 Å². The summed E-state index contributed by atoms with van der Waals surface area (Å²) in [6.45, 7) is 9.70. The highest BCUT2D eigenvalue weighted by molar-refractivity contribution is 6.87. The number of carbonyl (C=O) groups is 2. The molecule has 0 saturated carbocycles. The quantitative estimate of drug-likeness (QED) is 0.197. The van der Waals surface area contributed by atoms with Crippen molar-refractivity contribution < 1.29 is 33.3 Å². The fraction of sp³-hybridized carbons (Fsp3) is 0.484. The van der Waals surface area contributed by atoms with Gasteiger partial charge in [0.15, 0.2) is 11.7 Å². The van der Waals surface area contributed by atoms with Crippen molar-refractivity contribution in [1.82, 2.24) is 0 Å². The van der Waals surface area contributed by atoms with Gasteiger partial charge in [-0.15, -0.1) is 5.54 Å². The maximum absolute atomic E-state index is 12.2. The summed E-state index contributed by atoms with van der Waals surface area (Å²) in [5, 5.41) is 0. The largest absolute Gasteiger partial charge is 0.453 e. The first-order valence-corrected chi connectivity index (χ1v) is 16.2. The first-order valence-electron chi connectivity index (χ1n) is 13.6. The third-order valence-electron chi connectivity index (χ3n) is 7.21. The van der Waals surface area contributed by atoms with Gasteiger partial charge in [0.25, 0.3) is 0 Å². The van der Waals surface area contributed by atoms with Gasteiger partial charge in [0.2, 0.25) is 6.29 Å². The van der Waals surface area contributed by atoms with E-state index in [1.807, 2.05) is 60.7 Å². The van der Waals surface area contributed by atoms with Crippen LogP contribution in [0.2, 0.25) is 18.1 Å². The molecule has 210 valence electrons. The highest BCUT2D eigenvalue weighted by atomic mass is 28.3. The van der Waals surface area contributed by atoms with Crippen molar-refractivity contribution >= 4 is 20.0 Å². The predicted octanol–water partition coefficient (Wildman–Crippen LogP) is 5.43. The van der Waals surface area contributed by atoms with E-state index in [4.69, 9.17) is 23.7 Å². The lowest BCUT2D eigenvalue weighted by Gasteiger charge is -2.31. The van der Waals surface area contributed by atoms with E-state index in [-0.39, 0.29) is 13.2 Å². The Kier molecular flexibility index (Phi) is 11.3. The van der Waals surface area contributed by atoms with Crippen LogP contribution in [0, 0.1) is 11.5 Å². The molecule has 1 aliphatic rings. The van der Waals surface area contributed by atoms with Gasteiger partial charge in [0.1, 0.15) is 14.2 Å². The summed E-state index contributed by atoms with van der Waals surface area (Å²) in [5.41, 5.74) is 4.21. The summed E-state index contributed by atoms with van der Waals surface area (Å²) >= 11 is 0. The number of hydrogen-bond acceptors (Lipinski definition) is 7. The molecular formula is C31H40O7Si. The van der Waals surface area contributed by atoms with E-state index in [1.54, 1.807) is 0 Å². The lowest BCUT2D eigenvalue weighted by Crippen LogP contribution is -2.49. The summed E-state index contributed by atoms with van der Waals surface area (Å²) in [6.07, 6.45) is -3.08. The van der Waals surface area contributed by atoms with Crippen LogP contribution in [0.3, 0.4) is 0 Å². The van der Waals surface area contributed by atoms with Crippen LogP contribution in [0.25, 0.3) is 0 Å². The van der Waals surface area contributed by atoms with Gasteiger partial charge < -0.3 is 23.7 Å². The number of carbonyl (C=O) groups excluding carboxylic acids is 2. The summed E-state index contributed by atoms with van der Waals surface area (Å²) in [4.78, 5) is 24.2. The zero-order valence-corrected chi connectivity index (χ0v) is 24.6. The normalized spacial score (nSPS) is 22.5. The first-order chi connectivity index (χ1) is 18.8. The molecule has 2 aromatic rings. The van der Waals surface area contributed by atoms with E-state index < -0.39 is 44.1 Å². The molecule has 0 aromatic heterocycles. The zero-order valence-electron chi connectivity index (χ0n) is 23.6. The van der Waals surface area contributed by atoms with Crippen molar-refractivity contribution in [2.45, 2.75) is 90.1 Å². The highest BCUT2D eigenvalue weighted by Gasteiger charge is 2.59. The third-order valence-corrected chi connectivity index (χ3v) is 11.9. The number of ether oxygens (including phenoxy) is 5. The molecule has 0 spiro atoms. The van der Waals surface area contributed by atoms with Crippen LogP contribution in [0.1, 0.15) is 45.7 Å². The van der Waals surface area contributed by atoms with Gasteiger partial charge in [0.05, 0.1) is 19.8 Å². The Hall–Kier alpha value is -2.96. The molecule has 39 heavy (non-hydrogen) atoms. The molecule has 0 amide bonds. The van der Waals surface area contributed by atoms with Crippen LogP contribution in [0.15, 0.2) is 60.7 Å². The van der Waals surface area contributed by atoms with Crippen LogP contribution in [0.4, 0.5) is 0 Å². The van der Waals surface area contributed by atoms with Crippen molar-refractivity contribution in [1.29, 1.82) is 0 Å². The number of benzene rings is 2. The van der Waals surface area contributed by atoms with Gasteiger partial charge in [-0.25, -0.2) is 0 Å². The van der Waals surface area contributed by atoms with Gasteiger partial charge in [-0.1, -0.05) is 87.4 Å². The molecular weight excluding hydrogens is 512 g/mol. The predicted molar refractivity (Wildman–Crippen MR) is 151 cm³/mol. The third kappa shape index (κ3) is 8.26. The van der Waals surface area contributed by atoms with E-state index in [0.717, 1.165) is 29.3 Å². The second kappa shape index (κ2) is 14.4. The topological polar surface area (TPSA) is 80.3 Å². The molecule has 4 atom stereocenters. The Balaban J connectivity index is 2.06. The van der Waals surface area contributed by atoms with Crippen LogP contribution >= 0.6 is 0 Å². The summed E-state index contributed by atoms with van der Waals surface area (Å²) in [7, 11) is -1.93. The van der Waals surface area contributed by atoms with E-state index in [1.165, 1.54) is 13.8 Å². The molecule has 1 saturated heterocycles. The smallest absolute Gasteiger partial charge is 0.305 e. The Morgan fingerprint density at radius 2 is 1.38 bits per heavy atom. The average Bonchev–Trinajstić information content (AvgIpc) is 3.20. The molecule has 0 bridgehead atoms. The zero-order chi connectivity index (χ0) is 28.3. The molecule has 1 aliphatic heterocycles. The summed E-state index contributed by atoms with van der Waals surface area (Å²) < 4.78 is 30.2. The van der Waals surface area contributed by atoms with Crippen molar-refractivity contribution in [2.24, 2.45) is 0 Å². The minimum absolute atomic E-state index is 0.0332. The van der Waals surface area contributed by atoms with Crippen LogP contribution in [0.5, 0.6) is 0 Å². The van der Waals surface area contributed by atoms with Crippen LogP contribution in [-0.2, 0) is 46.5 Å². The Morgan fingerprint density at radius 1 is 0.846 bits per heavy atom. The maximum Gasteiger partial charge on any atom is 0.305 e. The Bertz CT molecular complexity index is 1120. The molecule has 2 aromatic carbocycles. The fourth-order valence-corrected chi connectivity index (χ4v) is 7.21. The van der Waals surface area contributed by atoms with Crippen molar-refractivity contribution in [3.8, 4) is 11.5 Å². The van der Waals surface area contributed by atoms with Crippen molar-refractivity contribution in [3.05, 3.63) is 71.8 Å². The molecule has 7 nitrogen and oxygen atoms in total. The molecule has 0 aliphatic carbocycles. The molecule has 1 fully saturated rings. The van der Waals surface area contributed by atoms with Crippen molar-refractivity contribution in [2.75, 3.05) is 6.61 Å². The molecule has 0 unspecified atom stereocenters. The van der Waals surface area contributed by atoms with Crippen LogP contribution < -0.4 is 0 Å². The first kappa shape index (κ1) is 30.6. The lowest BCUT2D eigenvalue weighted by molar-refractivity contribution is -0.203. The minimum Gasteiger partial charge on any atom is -0.453 e. The molecule has 0 N–H and O–H groups in total. The lowest BCUT2D eigenvalue weighted by atomic mass is 9.96. The Labute approximate surface area is 233 Å². The standard InChI is InChI=1S/C31H40O7Si/c1-6-39(7-2,8-3)20-19-31(23-34-21-26-15-11-9-12-16-26)29(35-22-27-17-13-10-14-18-27)28(36-24(4)32)30(38-31)37-25(5)33/h9-18,28-30H,6-8,21-23H2,1-5H3/t28-,29+,30-,31-/m1/s1. The van der Waals surface area contributed by atoms with E-state index in [0.29, 0.717) is 6.61 Å². The summed E-state index contributed by atoms with van der Waals surface area (Å²) in [6, 6.07) is 22.4. The van der Waals surface area contributed by atoms with E-state index >= 15 is 0 Å². The fourth-order valence-electron chi connectivity index (χ4n) is 4.70. The van der Waals surface area contributed by atoms with E-state index in [9.17, 15) is 9.59 Å². The Morgan fingerprint density at radius 3 is 1.90 bits per heavy atom. The van der Waals surface area contributed by atoms with Gasteiger partial charge in [-0.3, -0.25) is 9.59 Å². The minimum atomic E-state index is -1.93. The summed E-state index contributed by atoms with van der Waals surface area (Å²) in [5.74, 6) is 2.32. The van der Waals surface area contributed by atoms with Gasteiger partial charge in [-0.05, 0) is 29.3 Å². The molecule has 8 heteroatoms. The van der Waals surface area contributed by atoms with E-state index in [2.05, 4.69) is 32.2 Å². The monoisotopic (exact) mass is 552 g/mol. The van der Waals surface area contributed by atoms with Gasteiger partial charge in [-0.2, -0.15) is 0 Å². The number of rotatable bonds is 12. The number of esters is 2. The molecule has 0 radical (unpaired) electrons. The van der Waals surface area contributed by atoms with Crippen LogP contribution in [-0.4, -0.2) is 50.7 Å². The second-order valence-corrected chi connectivity index (χ2v) is 14.8. The SMILES string of the molecule is CC[Si](C#C[C@]1(COCc2ccccc2)O[C@@H](OC(C)=O)[C@H](OC(C)=O)[C@@H]1OCc1ccccc1)(CC)CC. The second-order valence-electron chi connectivity index (χ2n) is 9.85. The van der Waals surface area contributed by atoms with Gasteiger partial charge in [0, 0.05) is 13.8 Å². The highest BCUT2D eigenvalue weighted by Crippen LogP contribution is 2.38. The maximum atomic E-state index is 12.2. The number of hydrogen-bond donors (Lipinski definition) is 0. The van der Waals surface area contributed by atoms with Crippen molar-refractivity contribution in [3.63, 3.8) is 0 Å². The average molecular weight is 553 g/mol.